The lowest BCUT2D eigenvalue weighted by Crippen LogP contribution is -2.30. The SMILES string of the molecule is Cl.NCCCNC(=O)COc1ccccc1Cl. The summed E-state index contributed by atoms with van der Waals surface area (Å²) in [7, 11) is 0. The van der Waals surface area contributed by atoms with E-state index in [0.29, 0.717) is 23.9 Å². The topological polar surface area (TPSA) is 64.3 Å². The Hall–Kier alpha value is -0.970. The quantitative estimate of drug-likeness (QED) is 0.777. The van der Waals surface area contributed by atoms with Crippen molar-refractivity contribution in [3.05, 3.63) is 29.3 Å². The molecule has 6 heteroatoms. The summed E-state index contributed by atoms with van der Waals surface area (Å²) >= 11 is 5.86. The van der Waals surface area contributed by atoms with Crippen molar-refractivity contribution in [2.75, 3.05) is 19.7 Å². The molecule has 4 nitrogen and oxygen atoms in total. The van der Waals surface area contributed by atoms with Gasteiger partial charge in [-0.05, 0) is 25.1 Å². The smallest absolute Gasteiger partial charge is 0.257 e. The van der Waals surface area contributed by atoms with Gasteiger partial charge in [-0.1, -0.05) is 23.7 Å². The van der Waals surface area contributed by atoms with Gasteiger partial charge in [-0.2, -0.15) is 0 Å². The minimum atomic E-state index is -0.173. The highest BCUT2D eigenvalue weighted by Crippen LogP contribution is 2.22. The number of hydrogen-bond acceptors (Lipinski definition) is 3. The van der Waals surface area contributed by atoms with Gasteiger partial charge in [-0.25, -0.2) is 0 Å². The van der Waals surface area contributed by atoms with Gasteiger partial charge in [-0.15, -0.1) is 12.4 Å². The van der Waals surface area contributed by atoms with E-state index in [9.17, 15) is 4.79 Å². The number of carbonyl (C=O) groups is 1. The molecule has 0 unspecified atom stereocenters. The number of benzene rings is 1. The zero-order valence-electron chi connectivity index (χ0n) is 9.32. The number of rotatable bonds is 6. The maximum absolute atomic E-state index is 11.3. The molecule has 1 rings (SSSR count). The second-order valence-electron chi connectivity index (χ2n) is 3.21. The van der Waals surface area contributed by atoms with Crippen LogP contribution in [-0.2, 0) is 4.79 Å². The van der Waals surface area contributed by atoms with Gasteiger partial charge in [0.25, 0.3) is 5.91 Å². The molecule has 0 saturated heterocycles. The number of carbonyl (C=O) groups excluding carboxylic acids is 1. The van der Waals surface area contributed by atoms with E-state index in [-0.39, 0.29) is 24.9 Å². The molecule has 0 atom stereocenters. The molecule has 96 valence electrons. The van der Waals surface area contributed by atoms with Crippen LogP contribution < -0.4 is 15.8 Å². The molecule has 0 aliphatic carbocycles. The molecule has 17 heavy (non-hydrogen) atoms. The molecule has 0 bridgehead atoms. The highest BCUT2D eigenvalue weighted by Gasteiger charge is 2.04. The van der Waals surface area contributed by atoms with Crippen molar-refractivity contribution in [2.45, 2.75) is 6.42 Å². The van der Waals surface area contributed by atoms with E-state index in [4.69, 9.17) is 22.1 Å². The Morgan fingerprint density at radius 2 is 2.12 bits per heavy atom. The third-order valence-corrected chi connectivity index (χ3v) is 2.21. The summed E-state index contributed by atoms with van der Waals surface area (Å²) in [5, 5.41) is 3.18. The van der Waals surface area contributed by atoms with E-state index in [1.807, 2.05) is 0 Å². The monoisotopic (exact) mass is 278 g/mol. The van der Waals surface area contributed by atoms with Gasteiger partial charge < -0.3 is 15.8 Å². The Labute approximate surface area is 112 Å². The zero-order valence-corrected chi connectivity index (χ0v) is 10.9. The maximum atomic E-state index is 11.3. The van der Waals surface area contributed by atoms with Crippen molar-refractivity contribution in [1.82, 2.24) is 5.32 Å². The predicted molar refractivity (Wildman–Crippen MR) is 70.9 cm³/mol. The van der Waals surface area contributed by atoms with E-state index in [1.165, 1.54) is 0 Å². The fraction of sp³-hybridized carbons (Fsp3) is 0.364. The first-order chi connectivity index (χ1) is 7.74. The highest BCUT2D eigenvalue weighted by molar-refractivity contribution is 6.32. The average molecular weight is 279 g/mol. The first-order valence-corrected chi connectivity index (χ1v) is 5.46. The molecule has 0 aliphatic heterocycles. The fourth-order valence-corrected chi connectivity index (χ4v) is 1.28. The standard InChI is InChI=1S/C11H15ClN2O2.ClH/c12-9-4-1-2-5-10(9)16-8-11(15)14-7-3-6-13;/h1-2,4-5H,3,6-8,13H2,(H,14,15);1H. The summed E-state index contributed by atoms with van der Waals surface area (Å²) < 4.78 is 5.25. The normalized spacial score (nSPS) is 9.29. The van der Waals surface area contributed by atoms with Crippen LogP contribution in [0, 0.1) is 0 Å². The Bertz CT molecular complexity index is 348. The second-order valence-corrected chi connectivity index (χ2v) is 3.62. The molecule has 0 fully saturated rings. The molecule has 1 aromatic carbocycles. The molecular weight excluding hydrogens is 263 g/mol. The van der Waals surface area contributed by atoms with Crippen molar-refractivity contribution in [2.24, 2.45) is 5.73 Å². The van der Waals surface area contributed by atoms with Crippen LogP contribution in [0.5, 0.6) is 5.75 Å². The van der Waals surface area contributed by atoms with Crippen LogP contribution in [-0.4, -0.2) is 25.6 Å². The third kappa shape index (κ3) is 6.36. The molecule has 0 heterocycles. The van der Waals surface area contributed by atoms with E-state index in [2.05, 4.69) is 5.32 Å². The molecule has 3 N–H and O–H groups in total. The average Bonchev–Trinajstić information content (AvgIpc) is 2.28. The second kappa shape index (κ2) is 9.10. The summed E-state index contributed by atoms with van der Waals surface area (Å²) in [6.07, 6.45) is 0.762. The predicted octanol–water partition coefficient (Wildman–Crippen LogP) is 1.61. The van der Waals surface area contributed by atoms with Gasteiger partial charge in [0.1, 0.15) is 5.75 Å². The number of hydrogen-bond donors (Lipinski definition) is 2. The van der Waals surface area contributed by atoms with E-state index < -0.39 is 0 Å². The van der Waals surface area contributed by atoms with Crippen molar-refractivity contribution in [3.63, 3.8) is 0 Å². The molecule has 0 aromatic heterocycles. The van der Waals surface area contributed by atoms with Crippen LogP contribution >= 0.6 is 24.0 Å². The lowest BCUT2D eigenvalue weighted by molar-refractivity contribution is -0.123. The van der Waals surface area contributed by atoms with Crippen LogP contribution in [0.2, 0.25) is 5.02 Å². The Morgan fingerprint density at radius 3 is 2.76 bits per heavy atom. The lowest BCUT2D eigenvalue weighted by Gasteiger charge is -2.07. The van der Waals surface area contributed by atoms with Crippen molar-refractivity contribution in [1.29, 1.82) is 0 Å². The van der Waals surface area contributed by atoms with Gasteiger partial charge in [-0.3, -0.25) is 4.79 Å². The van der Waals surface area contributed by atoms with Crippen LogP contribution in [0.15, 0.2) is 24.3 Å². The maximum Gasteiger partial charge on any atom is 0.257 e. The molecule has 0 spiro atoms. The van der Waals surface area contributed by atoms with Crippen LogP contribution in [0.4, 0.5) is 0 Å². The molecule has 1 amide bonds. The van der Waals surface area contributed by atoms with Crippen molar-refractivity contribution >= 4 is 29.9 Å². The first-order valence-electron chi connectivity index (χ1n) is 5.08. The summed E-state index contributed by atoms with van der Waals surface area (Å²) in [5.41, 5.74) is 5.30. The highest BCUT2D eigenvalue weighted by atomic mass is 35.5. The molecular formula is C11H16Cl2N2O2. The van der Waals surface area contributed by atoms with Crippen molar-refractivity contribution < 1.29 is 9.53 Å². The van der Waals surface area contributed by atoms with E-state index in [0.717, 1.165) is 6.42 Å². The summed E-state index contributed by atoms with van der Waals surface area (Å²) in [4.78, 5) is 11.3. The summed E-state index contributed by atoms with van der Waals surface area (Å²) in [6, 6.07) is 7.03. The number of ether oxygens (including phenoxy) is 1. The summed E-state index contributed by atoms with van der Waals surface area (Å²) in [6.45, 7) is 1.10. The van der Waals surface area contributed by atoms with E-state index >= 15 is 0 Å². The fourth-order valence-electron chi connectivity index (χ4n) is 1.09. The number of para-hydroxylation sites is 1. The van der Waals surface area contributed by atoms with Crippen LogP contribution in [0.3, 0.4) is 0 Å². The number of halogens is 2. The summed E-state index contributed by atoms with van der Waals surface area (Å²) in [5.74, 6) is 0.339. The van der Waals surface area contributed by atoms with Crippen LogP contribution in [0.25, 0.3) is 0 Å². The molecule has 0 aliphatic rings. The Morgan fingerprint density at radius 1 is 1.41 bits per heavy atom. The minimum Gasteiger partial charge on any atom is -0.482 e. The lowest BCUT2D eigenvalue weighted by atomic mass is 10.3. The first kappa shape index (κ1) is 16.0. The minimum absolute atomic E-state index is 0. The Balaban J connectivity index is 0.00000256. The zero-order chi connectivity index (χ0) is 11.8. The third-order valence-electron chi connectivity index (χ3n) is 1.90. The van der Waals surface area contributed by atoms with Gasteiger partial charge in [0.15, 0.2) is 6.61 Å². The molecule has 1 aromatic rings. The van der Waals surface area contributed by atoms with Crippen molar-refractivity contribution in [3.8, 4) is 5.75 Å². The largest absolute Gasteiger partial charge is 0.482 e. The number of amides is 1. The van der Waals surface area contributed by atoms with Gasteiger partial charge in [0.05, 0.1) is 5.02 Å². The van der Waals surface area contributed by atoms with E-state index in [1.54, 1.807) is 24.3 Å². The van der Waals surface area contributed by atoms with Gasteiger partial charge in [0.2, 0.25) is 0 Å². The number of nitrogens with two attached hydrogens (primary N) is 1. The molecule has 0 radical (unpaired) electrons. The molecule has 0 saturated carbocycles. The van der Waals surface area contributed by atoms with Crippen LogP contribution in [0.1, 0.15) is 6.42 Å². The van der Waals surface area contributed by atoms with Gasteiger partial charge in [0, 0.05) is 6.54 Å². The number of nitrogens with one attached hydrogen (secondary N) is 1. The Kier molecular flexibility index (Phi) is 8.58. The van der Waals surface area contributed by atoms with Gasteiger partial charge >= 0.3 is 0 Å².